The number of aromatic nitrogens is 7. The van der Waals surface area contributed by atoms with Crippen molar-refractivity contribution >= 4 is 30.8 Å². The van der Waals surface area contributed by atoms with Crippen LogP contribution in [0.4, 0.5) is 5.69 Å². The van der Waals surface area contributed by atoms with Crippen LogP contribution >= 0.6 is 19.2 Å². The van der Waals surface area contributed by atoms with Crippen molar-refractivity contribution in [3.63, 3.8) is 0 Å². The van der Waals surface area contributed by atoms with Crippen molar-refractivity contribution in [3.05, 3.63) is 48.1 Å². The first-order valence-electron chi connectivity index (χ1n) is 13.2. The molecule has 0 aliphatic heterocycles. The highest BCUT2D eigenvalue weighted by molar-refractivity contribution is 7.48. The molecule has 0 saturated heterocycles. The molecule has 4 aromatic rings. The third-order valence-electron chi connectivity index (χ3n) is 6.68. The van der Waals surface area contributed by atoms with Gasteiger partial charge in [-0.05, 0) is 45.6 Å². The number of rotatable bonds is 12. The van der Waals surface area contributed by atoms with Crippen molar-refractivity contribution in [2.24, 2.45) is 11.8 Å². The SMILES string of the molecule is CCOC1CCC(n2cc(NC(=O)c3csc(-c4cnn(C(C)OP(=O)(ON)ON)c4)n3)c(-c3ncccn3)n2)CC1. The van der Waals surface area contributed by atoms with E-state index in [2.05, 4.69) is 34.6 Å². The molecule has 1 amide bonds. The molecule has 0 bridgehead atoms. The van der Waals surface area contributed by atoms with Gasteiger partial charge in [0, 0.05) is 42.3 Å². The summed E-state index contributed by atoms with van der Waals surface area (Å²) in [5.41, 5.74) is 1.76. The van der Waals surface area contributed by atoms with Gasteiger partial charge in [0.05, 0.1) is 24.0 Å². The van der Waals surface area contributed by atoms with Crippen LogP contribution in [0.15, 0.2) is 42.4 Å². The Morgan fingerprint density at radius 1 is 1.19 bits per heavy atom. The van der Waals surface area contributed by atoms with Crippen molar-refractivity contribution in [2.45, 2.75) is 57.9 Å². The largest absolute Gasteiger partial charge is 0.509 e. The van der Waals surface area contributed by atoms with Gasteiger partial charge in [-0.15, -0.1) is 11.3 Å². The van der Waals surface area contributed by atoms with Crippen LogP contribution in [0.3, 0.4) is 0 Å². The normalized spacial score (nSPS) is 18.2. The lowest BCUT2D eigenvalue weighted by Crippen LogP contribution is -2.24. The van der Waals surface area contributed by atoms with Crippen molar-refractivity contribution < 1.29 is 27.9 Å². The van der Waals surface area contributed by atoms with Gasteiger partial charge < -0.3 is 10.1 Å². The molecular weight excluding hydrogens is 587 g/mol. The first-order chi connectivity index (χ1) is 20.3. The van der Waals surface area contributed by atoms with E-state index < -0.39 is 20.0 Å². The number of nitrogens with zero attached hydrogens (tertiary/aromatic N) is 7. The van der Waals surface area contributed by atoms with E-state index in [0.29, 0.717) is 34.4 Å². The molecule has 1 fully saturated rings. The number of nitrogens with two attached hydrogens (primary N) is 2. The maximum absolute atomic E-state index is 13.3. The van der Waals surface area contributed by atoms with Crippen molar-refractivity contribution in [1.29, 1.82) is 0 Å². The third-order valence-corrected chi connectivity index (χ3v) is 8.65. The van der Waals surface area contributed by atoms with E-state index in [1.54, 1.807) is 37.0 Å². The fourth-order valence-electron chi connectivity index (χ4n) is 4.62. The Kier molecular flexibility index (Phi) is 9.50. The number of hydrogen-bond acceptors (Lipinski definition) is 14. The van der Waals surface area contributed by atoms with Gasteiger partial charge in [-0.1, -0.05) is 0 Å². The van der Waals surface area contributed by atoms with Crippen LogP contribution in [0.5, 0.6) is 0 Å². The summed E-state index contributed by atoms with van der Waals surface area (Å²) in [7, 11) is -4.14. The third kappa shape index (κ3) is 6.79. The topological polar surface area (TPSA) is 209 Å². The molecule has 1 saturated carbocycles. The molecule has 5 rings (SSSR count). The second-order valence-corrected chi connectivity index (χ2v) is 11.8. The highest BCUT2D eigenvalue weighted by Crippen LogP contribution is 2.48. The van der Waals surface area contributed by atoms with Crippen molar-refractivity contribution in [3.8, 4) is 22.1 Å². The minimum absolute atomic E-state index is 0.172. The van der Waals surface area contributed by atoms with Gasteiger partial charge in [0.1, 0.15) is 10.7 Å². The molecular formula is C24H31N10O6PS. The predicted molar refractivity (Wildman–Crippen MR) is 151 cm³/mol. The summed E-state index contributed by atoms with van der Waals surface area (Å²) in [5, 5.41) is 14.1. The van der Waals surface area contributed by atoms with E-state index in [0.717, 1.165) is 25.7 Å². The van der Waals surface area contributed by atoms with Gasteiger partial charge in [-0.25, -0.2) is 36.0 Å². The van der Waals surface area contributed by atoms with Crippen LogP contribution in [0.1, 0.15) is 62.3 Å². The number of nitrogens with one attached hydrogen (secondary N) is 1. The zero-order valence-electron chi connectivity index (χ0n) is 22.9. The van der Waals surface area contributed by atoms with E-state index in [-0.39, 0.29) is 17.8 Å². The number of amides is 1. The van der Waals surface area contributed by atoms with Gasteiger partial charge in [0.25, 0.3) is 5.91 Å². The molecule has 0 radical (unpaired) electrons. The molecule has 5 N–H and O–H groups in total. The zero-order chi connectivity index (χ0) is 29.7. The van der Waals surface area contributed by atoms with E-state index in [1.165, 1.54) is 22.2 Å². The lowest BCUT2D eigenvalue weighted by atomic mass is 9.93. The number of ether oxygens (including phenoxy) is 1. The van der Waals surface area contributed by atoms with Crippen molar-refractivity contribution in [2.75, 3.05) is 11.9 Å². The Labute approximate surface area is 244 Å². The second kappa shape index (κ2) is 13.3. The van der Waals surface area contributed by atoms with Crippen LogP contribution in [-0.4, -0.2) is 53.1 Å². The smallest absolute Gasteiger partial charge is 0.379 e. The fourth-order valence-corrected chi connectivity index (χ4v) is 6.02. The quantitative estimate of drug-likeness (QED) is 0.152. The number of carbonyl (C=O) groups excluding carboxylic acids is 1. The van der Waals surface area contributed by atoms with Gasteiger partial charge in [0.2, 0.25) is 0 Å². The van der Waals surface area contributed by atoms with Crippen molar-refractivity contribution in [1.82, 2.24) is 34.5 Å². The van der Waals surface area contributed by atoms with E-state index in [1.807, 2.05) is 17.8 Å². The molecule has 1 unspecified atom stereocenters. The van der Waals surface area contributed by atoms with Crippen LogP contribution in [-0.2, 0) is 23.1 Å². The molecule has 1 atom stereocenters. The number of hydrogen-bond donors (Lipinski definition) is 3. The average Bonchev–Trinajstić information content (AvgIpc) is 3.78. The van der Waals surface area contributed by atoms with Crippen LogP contribution in [0.2, 0.25) is 0 Å². The standard InChI is InChI=1S/C24H31N10O6PS/c1-3-37-18-7-5-17(6-8-18)34-13-19(21(32-34)22-27-9-4-10-28-22)30-23(35)20-14-42-24(31-20)16-11-29-33(12-16)15(2)38-41(36,39-25)40-26/h4,9-15,17-18H,3,5-8,25-26H2,1-2H3,(H,30,35). The summed E-state index contributed by atoms with van der Waals surface area (Å²) < 4.78 is 34.6. The van der Waals surface area contributed by atoms with Gasteiger partial charge in [-0.2, -0.15) is 19.4 Å². The van der Waals surface area contributed by atoms with Crippen LogP contribution in [0, 0.1) is 0 Å². The lowest BCUT2D eigenvalue weighted by molar-refractivity contribution is 0.0260. The second-order valence-electron chi connectivity index (χ2n) is 9.39. The summed E-state index contributed by atoms with van der Waals surface area (Å²) in [5.74, 6) is 9.86. The predicted octanol–water partition coefficient (Wildman–Crippen LogP) is 3.86. The Morgan fingerprint density at radius 3 is 2.62 bits per heavy atom. The molecule has 0 aromatic carbocycles. The van der Waals surface area contributed by atoms with E-state index in [4.69, 9.17) is 26.2 Å². The Hall–Kier alpha value is -3.41. The lowest BCUT2D eigenvalue weighted by Gasteiger charge is -2.28. The summed E-state index contributed by atoms with van der Waals surface area (Å²) in [6.45, 7) is 4.25. The molecule has 224 valence electrons. The highest BCUT2D eigenvalue weighted by Gasteiger charge is 2.30. The minimum atomic E-state index is -4.14. The van der Waals surface area contributed by atoms with Crippen LogP contribution < -0.4 is 17.1 Å². The Bertz CT molecular complexity index is 1530. The molecule has 4 heterocycles. The molecule has 1 aliphatic carbocycles. The maximum Gasteiger partial charge on any atom is 0.509 e. The minimum Gasteiger partial charge on any atom is -0.379 e. The highest BCUT2D eigenvalue weighted by atomic mass is 32.1. The number of anilines is 1. The number of carbonyl (C=O) groups is 1. The fraction of sp³-hybridized carbons (Fsp3) is 0.417. The first kappa shape index (κ1) is 30.1. The van der Waals surface area contributed by atoms with E-state index >= 15 is 0 Å². The molecule has 42 heavy (non-hydrogen) atoms. The monoisotopic (exact) mass is 618 g/mol. The van der Waals surface area contributed by atoms with Crippen LogP contribution in [0.25, 0.3) is 22.1 Å². The summed E-state index contributed by atoms with van der Waals surface area (Å²) >= 11 is 1.25. The number of phosphoric acid groups is 1. The molecule has 4 aromatic heterocycles. The summed E-state index contributed by atoms with van der Waals surface area (Å²) in [4.78, 5) is 26.4. The van der Waals surface area contributed by atoms with E-state index in [9.17, 15) is 9.36 Å². The summed E-state index contributed by atoms with van der Waals surface area (Å²) in [6, 6.07) is 1.89. The summed E-state index contributed by atoms with van der Waals surface area (Å²) in [6.07, 6.45) is 11.3. The maximum atomic E-state index is 13.3. The first-order valence-corrected chi connectivity index (χ1v) is 15.5. The number of thiazole rings is 1. The molecule has 16 nitrogen and oxygen atoms in total. The Balaban J connectivity index is 1.32. The van der Waals surface area contributed by atoms with Gasteiger partial charge in [-0.3, -0.25) is 14.0 Å². The Morgan fingerprint density at radius 2 is 1.93 bits per heavy atom. The molecule has 0 spiro atoms. The average molecular weight is 619 g/mol. The molecule has 1 aliphatic rings. The van der Waals surface area contributed by atoms with Gasteiger partial charge in [0.15, 0.2) is 17.7 Å². The van der Waals surface area contributed by atoms with Gasteiger partial charge >= 0.3 is 7.82 Å². The zero-order valence-corrected chi connectivity index (χ0v) is 24.6. The molecule has 18 heteroatoms.